The zero-order chi connectivity index (χ0) is 19.3. The van der Waals surface area contributed by atoms with Gasteiger partial charge in [-0.2, -0.15) is 5.26 Å². The van der Waals surface area contributed by atoms with Gasteiger partial charge in [0.2, 0.25) is 5.91 Å². The number of amides is 1. The van der Waals surface area contributed by atoms with Crippen molar-refractivity contribution in [1.82, 2.24) is 20.1 Å². The molecule has 1 aliphatic carbocycles. The number of nitrogens with one attached hydrogen (secondary N) is 1. The van der Waals surface area contributed by atoms with E-state index in [1.807, 2.05) is 7.05 Å². The van der Waals surface area contributed by atoms with Crippen LogP contribution in [0.2, 0.25) is 5.02 Å². The normalized spacial score (nSPS) is 15.3. The van der Waals surface area contributed by atoms with Crippen LogP contribution in [0.25, 0.3) is 0 Å². The monoisotopic (exact) mass is 405 g/mol. The lowest BCUT2D eigenvalue weighted by atomic mass is 10.0. The number of halogens is 1. The molecule has 27 heavy (non-hydrogen) atoms. The number of aromatic nitrogens is 3. The number of hydrogen-bond donors (Lipinski definition) is 1. The first kappa shape index (κ1) is 19.5. The molecule has 0 bridgehead atoms. The van der Waals surface area contributed by atoms with Crippen LogP contribution in [0.15, 0.2) is 29.4 Å². The van der Waals surface area contributed by atoms with Crippen LogP contribution in [0.5, 0.6) is 5.75 Å². The third-order valence-electron chi connectivity index (χ3n) is 4.49. The minimum Gasteiger partial charge on any atom is -0.486 e. The summed E-state index contributed by atoms with van der Waals surface area (Å²) in [6, 6.07) is 9.34. The summed E-state index contributed by atoms with van der Waals surface area (Å²) in [6.45, 7) is 0.259. The van der Waals surface area contributed by atoms with Gasteiger partial charge in [0.15, 0.2) is 11.0 Å². The highest BCUT2D eigenvalue weighted by Gasteiger charge is 2.35. The fourth-order valence-electron chi connectivity index (χ4n) is 2.95. The Bertz CT molecular complexity index is 840. The molecule has 1 aromatic carbocycles. The molecule has 1 aliphatic rings. The van der Waals surface area contributed by atoms with Crippen LogP contribution in [0.4, 0.5) is 0 Å². The minimum absolute atomic E-state index is 0.162. The van der Waals surface area contributed by atoms with Crippen molar-refractivity contribution in [2.75, 3.05) is 5.75 Å². The Morgan fingerprint density at radius 1 is 1.37 bits per heavy atom. The summed E-state index contributed by atoms with van der Waals surface area (Å²) in [5.41, 5.74) is -0.699. The third-order valence-corrected chi connectivity index (χ3v) is 5.76. The summed E-state index contributed by atoms with van der Waals surface area (Å²) in [5, 5.41) is 21.7. The van der Waals surface area contributed by atoms with E-state index >= 15 is 0 Å². The number of nitrogens with zero attached hydrogens (tertiary/aromatic N) is 4. The number of carbonyl (C=O) groups is 1. The molecule has 1 aromatic heterocycles. The van der Waals surface area contributed by atoms with Gasteiger partial charge in [-0.1, -0.05) is 23.4 Å². The Labute approximate surface area is 167 Å². The maximum absolute atomic E-state index is 12.2. The van der Waals surface area contributed by atoms with Gasteiger partial charge in [-0.15, -0.1) is 10.2 Å². The van der Waals surface area contributed by atoms with E-state index in [1.54, 1.807) is 28.8 Å². The predicted octanol–water partition coefficient (Wildman–Crippen LogP) is 3.09. The second-order valence-corrected chi connectivity index (χ2v) is 7.82. The summed E-state index contributed by atoms with van der Waals surface area (Å²) < 4.78 is 7.47. The predicted molar refractivity (Wildman–Crippen MR) is 102 cm³/mol. The number of nitriles is 1. The van der Waals surface area contributed by atoms with Crippen molar-refractivity contribution in [3.8, 4) is 11.8 Å². The van der Waals surface area contributed by atoms with Crippen LogP contribution in [0.1, 0.15) is 31.5 Å². The number of hydrogen-bond acceptors (Lipinski definition) is 6. The molecule has 1 fully saturated rings. The molecule has 0 atom stereocenters. The summed E-state index contributed by atoms with van der Waals surface area (Å²) in [5.74, 6) is 1.37. The Morgan fingerprint density at radius 2 is 2.07 bits per heavy atom. The first-order chi connectivity index (χ1) is 13.0. The molecule has 0 saturated heterocycles. The lowest BCUT2D eigenvalue weighted by Gasteiger charge is -2.21. The molecule has 7 nitrogen and oxygen atoms in total. The van der Waals surface area contributed by atoms with Gasteiger partial charge in [0.05, 0.1) is 11.8 Å². The van der Waals surface area contributed by atoms with Gasteiger partial charge in [-0.3, -0.25) is 4.79 Å². The quantitative estimate of drug-likeness (QED) is 0.711. The molecule has 0 unspecified atom stereocenters. The third kappa shape index (κ3) is 4.93. The average Bonchev–Trinajstić information content (AvgIpc) is 3.27. The second-order valence-electron chi connectivity index (χ2n) is 6.44. The van der Waals surface area contributed by atoms with Crippen LogP contribution in [0, 0.1) is 11.3 Å². The molecule has 3 rings (SSSR count). The van der Waals surface area contributed by atoms with E-state index in [4.69, 9.17) is 16.3 Å². The first-order valence-electron chi connectivity index (χ1n) is 8.63. The van der Waals surface area contributed by atoms with Crippen LogP contribution in [-0.4, -0.2) is 32.0 Å². The lowest BCUT2D eigenvalue weighted by Crippen LogP contribution is -2.45. The molecule has 2 aromatic rings. The largest absolute Gasteiger partial charge is 0.486 e. The van der Waals surface area contributed by atoms with E-state index in [1.165, 1.54) is 11.8 Å². The molecular formula is C18H20ClN5O2S. The van der Waals surface area contributed by atoms with Crippen molar-refractivity contribution in [1.29, 1.82) is 5.26 Å². The fraction of sp³-hybridized carbons (Fsp3) is 0.444. The number of rotatable bonds is 7. The van der Waals surface area contributed by atoms with Crippen molar-refractivity contribution in [3.05, 3.63) is 35.1 Å². The number of ether oxygens (including phenoxy) is 1. The molecule has 1 saturated carbocycles. The van der Waals surface area contributed by atoms with Gasteiger partial charge < -0.3 is 14.6 Å². The minimum atomic E-state index is -0.699. The van der Waals surface area contributed by atoms with Crippen LogP contribution >= 0.6 is 23.4 Å². The lowest BCUT2D eigenvalue weighted by molar-refractivity contribution is -0.119. The van der Waals surface area contributed by atoms with Gasteiger partial charge in [-0.25, -0.2) is 0 Å². The molecule has 0 aliphatic heterocycles. The SMILES string of the molecule is Cn1c(COc2ccc(Cl)cc2)nnc1SCC(=O)NC1(C#N)CCCC1. The highest BCUT2D eigenvalue weighted by Crippen LogP contribution is 2.29. The van der Waals surface area contributed by atoms with Crippen molar-refractivity contribution in [3.63, 3.8) is 0 Å². The van der Waals surface area contributed by atoms with Crippen LogP contribution in [-0.2, 0) is 18.4 Å². The highest BCUT2D eigenvalue weighted by atomic mass is 35.5. The Morgan fingerprint density at radius 3 is 2.74 bits per heavy atom. The molecule has 142 valence electrons. The summed E-state index contributed by atoms with van der Waals surface area (Å²) >= 11 is 7.14. The average molecular weight is 406 g/mol. The van der Waals surface area contributed by atoms with E-state index in [-0.39, 0.29) is 18.3 Å². The molecular weight excluding hydrogens is 386 g/mol. The Hall–Kier alpha value is -2.24. The van der Waals surface area contributed by atoms with E-state index in [9.17, 15) is 10.1 Å². The molecule has 0 spiro atoms. The summed E-state index contributed by atoms with van der Waals surface area (Å²) in [6.07, 6.45) is 3.38. The van der Waals surface area contributed by atoms with Crippen LogP contribution < -0.4 is 10.1 Å². The Kier molecular flexibility index (Phi) is 6.24. The molecule has 1 N–H and O–H groups in total. The second kappa shape index (κ2) is 8.63. The highest BCUT2D eigenvalue weighted by molar-refractivity contribution is 7.99. The number of carbonyl (C=O) groups excluding carboxylic acids is 1. The van der Waals surface area contributed by atoms with Gasteiger partial charge in [-0.05, 0) is 49.9 Å². The smallest absolute Gasteiger partial charge is 0.231 e. The van der Waals surface area contributed by atoms with Crippen molar-refractivity contribution in [2.45, 2.75) is 43.0 Å². The molecule has 1 heterocycles. The topological polar surface area (TPSA) is 92.8 Å². The van der Waals surface area contributed by atoms with Gasteiger partial charge in [0.25, 0.3) is 0 Å². The van der Waals surface area contributed by atoms with Crippen LogP contribution in [0.3, 0.4) is 0 Å². The van der Waals surface area contributed by atoms with Crippen molar-refractivity contribution < 1.29 is 9.53 Å². The Balaban J connectivity index is 1.52. The van der Waals surface area contributed by atoms with E-state index < -0.39 is 5.54 Å². The van der Waals surface area contributed by atoms with Gasteiger partial charge in [0.1, 0.15) is 17.9 Å². The maximum atomic E-state index is 12.2. The van der Waals surface area contributed by atoms with Crippen molar-refractivity contribution >= 4 is 29.3 Å². The molecule has 1 amide bonds. The molecule has 9 heteroatoms. The standard InChI is InChI=1S/C18H20ClN5O2S/c1-24-15(10-26-14-6-4-13(19)5-7-14)22-23-17(24)27-11-16(25)21-18(12-20)8-2-3-9-18/h4-7H,2-3,8-11H2,1H3,(H,21,25). The van der Waals surface area contributed by atoms with E-state index in [2.05, 4.69) is 21.6 Å². The first-order valence-corrected chi connectivity index (χ1v) is 9.99. The zero-order valence-electron chi connectivity index (χ0n) is 14.9. The summed E-state index contributed by atoms with van der Waals surface area (Å²) in [7, 11) is 1.83. The van der Waals surface area contributed by atoms with Gasteiger partial charge in [0, 0.05) is 12.1 Å². The number of thioether (sulfide) groups is 1. The molecule has 0 radical (unpaired) electrons. The van der Waals surface area contributed by atoms with E-state index in [0.29, 0.717) is 21.8 Å². The van der Waals surface area contributed by atoms with Gasteiger partial charge >= 0.3 is 0 Å². The van der Waals surface area contributed by atoms with E-state index in [0.717, 1.165) is 25.7 Å². The fourth-order valence-corrected chi connectivity index (χ4v) is 3.81. The maximum Gasteiger partial charge on any atom is 0.231 e. The van der Waals surface area contributed by atoms with Crippen molar-refractivity contribution in [2.24, 2.45) is 7.05 Å². The summed E-state index contributed by atoms with van der Waals surface area (Å²) in [4.78, 5) is 12.2. The number of benzene rings is 1. The zero-order valence-corrected chi connectivity index (χ0v) is 16.5.